The van der Waals surface area contributed by atoms with Crippen molar-refractivity contribution >= 4 is 35.2 Å². The van der Waals surface area contributed by atoms with Gasteiger partial charge in [-0.3, -0.25) is 4.79 Å². The van der Waals surface area contributed by atoms with Gasteiger partial charge in [0.15, 0.2) is 0 Å². The molecule has 0 heterocycles. The van der Waals surface area contributed by atoms with Crippen molar-refractivity contribution < 1.29 is 9.53 Å². The quantitative estimate of drug-likeness (QED) is 0.662. The van der Waals surface area contributed by atoms with Crippen molar-refractivity contribution in [2.45, 2.75) is 0 Å². The molecule has 0 aromatic heterocycles. The molecule has 0 unspecified atom stereocenters. The third-order valence-electron chi connectivity index (χ3n) is 1.98. The van der Waals surface area contributed by atoms with E-state index >= 15 is 0 Å². The Bertz CT molecular complexity index is 419. The van der Waals surface area contributed by atoms with Crippen LogP contribution in [0.15, 0.2) is 24.3 Å². The van der Waals surface area contributed by atoms with Crippen molar-refractivity contribution in [3.8, 4) is 0 Å². The van der Waals surface area contributed by atoms with Gasteiger partial charge < -0.3 is 10.1 Å². The van der Waals surface area contributed by atoms with E-state index in [2.05, 4.69) is 5.32 Å². The predicted octanol–water partition coefficient (Wildman–Crippen LogP) is 2.77. The Balaban J connectivity index is 2.55. The molecule has 1 amide bonds. The summed E-state index contributed by atoms with van der Waals surface area (Å²) in [6.45, 7) is 0.968. The summed E-state index contributed by atoms with van der Waals surface area (Å²) in [4.78, 5) is 11.3. The minimum Gasteiger partial charge on any atom is -0.383 e. The van der Waals surface area contributed by atoms with Crippen molar-refractivity contribution in [1.29, 1.82) is 0 Å². The molecule has 92 valence electrons. The Labute approximate surface area is 110 Å². The first-order chi connectivity index (χ1) is 8.13. The maximum absolute atomic E-state index is 11.3. The van der Waals surface area contributed by atoms with Gasteiger partial charge in [-0.15, -0.1) is 0 Å². The molecule has 0 saturated heterocycles. The lowest BCUT2D eigenvalue weighted by molar-refractivity contribution is -0.116. The summed E-state index contributed by atoms with van der Waals surface area (Å²) < 4.78 is 4.81. The second-order valence-electron chi connectivity index (χ2n) is 3.28. The third kappa shape index (κ3) is 5.22. The Hall–Kier alpha value is -1.03. The SMILES string of the molecule is COCCNC(=O)C=Cc1ccc(Cl)cc1Cl. The van der Waals surface area contributed by atoms with E-state index in [-0.39, 0.29) is 5.91 Å². The summed E-state index contributed by atoms with van der Waals surface area (Å²) in [6.07, 6.45) is 3.06. The van der Waals surface area contributed by atoms with E-state index in [0.29, 0.717) is 23.2 Å². The van der Waals surface area contributed by atoms with E-state index in [9.17, 15) is 4.79 Å². The summed E-state index contributed by atoms with van der Waals surface area (Å²) in [7, 11) is 1.58. The van der Waals surface area contributed by atoms with Crippen molar-refractivity contribution in [2.75, 3.05) is 20.3 Å². The van der Waals surface area contributed by atoms with Crippen LogP contribution in [-0.4, -0.2) is 26.2 Å². The molecule has 0 radical (unpaired) electrons. The average molecular weight is 274 g/mol. The van der Waals surface area contributed by atoms with Crippen molar-refractivity contribution in [2.24, 2.45) is 0 Å². The molecule has 17 heavy (non-hydrogen) atoms. The number of ether oxygens (including phenoxy) is 1. The molecule has 5 heteroatoms. The molecule has 1 aromatic rings. The van der Waals surface area contributed by atoms with E-state index < -0.39 is 0 Å². The number of carbonyl (C=O) groups excluding carboxylic acids is 1. The van der Waals surface area contributed by atoms with E-state index in [4.69, 9.17) is 27.9 Å². The summed E-state index contributed by atoms with van der Waals surface area (Å²) in [5, 5.41) is 3.74. The normalized spacial score (nSPS) is 10.8. The maximum atomic E-state index is 11.3. The zero-order chi connectivity index (χ0) is 12.7. The van der Waals surface area contributed by atoms with E-state index in [0.717, 1.165) is 5.56 Å². The summed E-state index contributed by atoms with van der Waals surface area (Å²) in [5.74, 6) is -0.187. The molecule has 1 N–H and O–H groups in total. The number of benzene rings is 1. The van der Waals surface area contributed by atoms with Crippen LogP contribution in [0.4, 0.5) is 0 Å². The molecular formula is C12H13Cl2NO2. The number of carbonyl (C=O) groups is 1. The maximum Gasteiger partial charge on any atom is 0.244 e. The Morgan fingerprint density at radius 2 is 2.24 bits per heavy atom. The lowest BCUT2D eigenvalue weighted by Gasteiger charge is -2.01. The number of rotatable bonds is 5. The summed E-state index contributed by atoms with van der Waals surface area (Å²) in [5.41, 5.74) is 0.748. The minimum absolute atomic E-state index is 0.187. The second-order valence-corrected chi connectivity index (χ2v) is 4.13. The third-order valence-corrected chi connectivity index (χ3v) is 2.54. The van der Waals surface area contributed by atoms with Gasteiger partial charge in [0.25, 0.3) is 0 Å². The van der Waals surface area contributed by atoms with Crippen LogP contribution in [0.25, 0.3) is 6.08 Å². The first-order valence-corrected chi connectivity index (χ1v) is 5.79. The van der Waals surface area contributed by atoms with Gasteiger partial charge in [0.1, 0.15) is 0 Å². The molecule has 0 aliphatic rings. The van der Waals surface area contributed by atoms with Crippen LogP contribution in [0.5, 0.6) is 0 Å². The van der Waals surface area contributed by atoms with Gasteiger partial charge in [0, 0.05) is 29.8 Å². The van der Waals surface area contributed by atoms with Crippen molar-refractivity contribution in [3.63, 3.8) is 0 Å². The lowest BCUT2D eigenvalue weighted by Crippen LogP contribution is -2.24. The highest BCUT2D eigenvalue weighted by molar-refractivity contribution is 6.35. The summed E-state index contributed by atoms with van der Waals surface area (Å²) in [6, 6.07) is 5.10. The van der Waals surface area contributed by atoms with Crippen LogP contribution in [-0.2, 0) is 9.53 Å². The van der Waals surface area contributed by atoms with Crippen LogP contribution in [0.1, 0.15) is 5.56 Å². The Kier molecular flexibility index (Phi) is 6.05. The first-order valence-electron chi connectivity index (χ1n) is 5.03. The van der Waals surface area contributed by atoms with Crippen LogP contribution in [0.3, 0.4) is 0 Å². The minimum atomic E-state index is -0.187. The molecule has 0 fully saturated rings. The molecule has 1 aromatic carbocycles. The Morgan fingerprint density at radius 3 is 2.88 bits per heavy atom. The second kappa shape index (κ2) is 7.33. The number of hydrogen-bond acceptors (Lipinski definition) is 2. The van der Waals surface area contributed by atoms with Crippen molar-refractivity contribution in [1.82, 2.24) is 5.32 Å². The van der Waals surface area contributed by atoms with Gasteiger partial charge in [-0.25, -0.2) is 0 Å². The van der Waals surface area contributed by atoms with E-state index in [1.165, 1.54) is 6.08 Å². The van der Waals surface area contributed by atoms with Gasteiger partial charge in [-0.05, 0) is 23.8 Å². The predicted molar refractivity (Wildman–Crippen MR) is 70.4 cm³/mol. The van der Waals surface area contributed by atoms with Gasteiger partial charge in [-0.1, -0.05) is 29.3 Å². The Morgan fingerprint density at radius 1 is 1.47 bits per heavy atom. The number of halogens is 2. The summed E-state index contributed by atoms with van der Waals surface area (Å²) >= 11 is 11.7. The number of nitrogens with one attached hydrogen (secondary N) is 1. The van der Waals surface area contributed by atoms with Crippen LogP contribution in [0.2, 0.25) is 10.0 Å². The van der Waals surface area contributed by atoms with E-state index in [1.54, 1.807) is 31.4 Å². The highest BCUT2D eigenvalue weighted by Crippen LogP contribution is 2.21. The first kappa shape index (κ1) is 14.0. The van der Waals surface area contributed by atoms with Crippen molar-refractivity contribution in [3.05, 3.63) is 39.9 Å². The van der Waals surface area contributed by atoms with Crippen LogP contribution in [0, 0.1) is 0 Å². The van der Waals surface area contributed by atoms with Gasteiger partial charge >= 0.3 is 0 Å². The van der Waals surface area contributed by atoms with Crippen LogP contribution < -0.4 is 5.32 Å². The molecule has 0 aliphatic heterocycles. The largest absolute Gasteiger partial charge is 0.383 e. The fourth-order valence-electron chi connectivity index (χ4n) is 1.14. The molecule has 0 saturated carbocycles. The molecule has 0 bridgehead atoms. The standard InChI is InChI=1S/C12H13Cl2NO2/c1-17-7-6-15-12(16)5-3-9-2-4-10(13)8-11(9)14/h2-5,8H,6-7H2,1H3,(H,15,16). The van der Waals surface area contributed by atoms with Gasteiger partial charge in [0.05, 0.1) is 6.61 Å². The average Bonchev–Trinajstić information content (AvgIpc) is 2.28. The van der Waals surface area contributed by atoms with Crippen LogP contribution >= 0.6 is 23.2 Å². The highest BCUT2D eigenvalue weighted by atomic mass is 35.5. The lowest BCUT2D eigenvalue weighted by atomic mass is 10.2. The smallest absolute Gasteiger partial charge is 0.244 e. The molecule has 3 nitrogen and oxygen atoms in total. The molecular weight excluding hydrogens is 261 g/mol. The topological polar surface area (TPSA) is 38.3 Å². The molecule has 0 spiro atoms. The molecule has 1 rings (SSSR count). The number of hydrogen-bond donors (Lipinski definition) is 1. The number of amides is 1. The fraction of sp³-hybridized carbons (Fsp3) is 0.250. The molecule has 0 atom stereocenters. The van der Waals surface area contributed by atoms with Gasteiger partial charge in [-0.2, -0.15) is 0 Å². The zero-order valence-electron chi connectivity index (χ0n) is 9.37. The number of methoxy groups -OCH3 is 1. The monoisotopic (exact) mass is 273 g/mol. The fourth-order valence-corrected chi connectivity index (χ4v) is 1.61. The molecule has 0 aliphatic carbocycles. The highest BCUT2D eigenvalue weighted by Gasteiger charge is 1.99. The van der Waals surface area contributed by atoms with Gasteiger partial charge in [0.2, 0.25) is 5.91 Å². The van der Waals surface area contributed by atoms with E-state index in [1.807, 2.05) is 0 Å². The zero-order valence-corrected chi connectivity index (χ0v) is 10.9.